The van der Waals surface area contributed by atoms with Crippen molar-refractivity contribution in [1.82, 2.24) is 9.78 Å². The summed E-state index contributed by atoms with van der Waals surface area (Å²) in [5.74, 6) is 1.43. The van der Waals surface area contributed by atoms with Crippen LogP contribution in [0.3, 0.4) is 0 Å². The van der Waals surface area contributed by atoms with Crippen LogP contribution in [0.1, 0.15) is 42.1 Å². The third kappa shape index (κ3) is 2.85. The maximum atomic E-state index is 12.5. The van der Waals surface area contributed by atoms with Gasteiger partial charge in [-0.15, -0.1) is 0 Å². The number of hydrogen-bond donors (Lipinski definition) is 1. The van der Waals surface area contributed by atoms with Gasteiger partial charge in [-0.1, -0.05) is 25.0 Å². The van der Waals surface area contributed by atoms with Crippen LogP contribution in [0.25, 0.3) is 11.3 Å². The molecule has 1 aromatic carbocycles. The molecular weight excluding hydrogens is 302 g/mol. The predicted octanol–water partition coefficient (Wildman–Crippen LogP) is 4.51. The number of furan rings is 1. The Balaban J connectivity index is 1.49. The average molecular weight is 321 g/mol. The molecule has 1 aliphatic carbocycles. The summed E-state index contributed by atoms with van der Waals surface area (Å²) in [4.78, 5) is 12.5. The highest BCUT2D eigenvalue weighted by Crippen LogP contribution is 2.31. The van der Waals surface area contributed by atoms with Crippen molar-refractivity contribution >= 4 is 11.7 Å². The molecule has 0 saturated heterocycles. The molecule has 4 rings (SSSR count). The molecule has 0 atom stereocenters. The lowest BCUT2D eigenvalue weighted by atomic mass is 10.1. The summed E-state index contributed by atoms with van der Waals surface area (Å²) < 4.78 is 7.31. The van der Waals surface area contributed by atoms with Gasteiger partial charge in [-0.2, -0.15) is 5.10 Å². The van der Waals surface area contributed by atoms with Gasteiger partial charge in [0.25, 0.3) is 5.91 Å². The van der Waals surface area contributed by atoms with Crippen LogP contribution in [0, 0.1) is 0 Å². The summed E-state index contributed by atoms with van der Waals surface area (Å²) in [7, 11) is 0. The second-order valence-corrected chi connectivity index (χ2v) is 6.11. The first kappa shape index (κ1) is 14.8. The fourth-order valence-electron chi connectivity index (χ4n) is 3.27. The van der Waals surface area contributed by atoms with Crippen molar-refractivity contribution < 1.29 is 9.21 Å². The van der Waals surface area contributed by atoms with Crippen LogP contribution < -0.4 is 5.32 Å². The molecule has 1 fully saturated rings. The number of nitrogens with zero attached hydrogens (tertiary/aromatic N) is 2. The lowest BCUT2D eigenvalue weighted by Crippen LogP contribution is -2.17. The zero-order chi connectivity index (χ0) is 16.4. The van der Waals surface area contributed by atoms with E-state index in [1.165, 1.54) is 12.8 Å². The molecule has 5 heteroatoms. The van der Waals surface area contributed by atoms with Crippen LogP contribution in [0.2, 0.25) is 0 Å². The van der Waals surface area contributed by atoms with Crippen LogP contribution in [-0.2, 0) is 0 Å². The predicted molar refractivity (Wildman–Crippen MR) is 91.8 cm³/mol. The quantitative estimate of drug-likeness (QED) is 0.769. The van der Waals surface area contributed by atoms with Crippen molar-refractivity contribution in [2.45, 2.75) is 31.7 Å². The van der Waals surface area contributed by atoms with Crippen molar-refractivity contribution in [3.8, 4) is 11.3 Å². The first-order chi connectivity index (χ1) is 11.8. The van der Waals surface area contributed by atoms with E-state index >= 15 is 0 Å². The Labute approximate surface area is 140 Å². The topological polar surface area (TPSA) is 60.1 Å². The van der Waals surface area contributed by atoms with Gasteiger partial charge in [-0.25, -0.2) is 4.68 Å². The summed E-state index contributed by atoms with van der Waals surface area (Å²) in [5.41, 5.74) is 1.57. The van der Waals surface area contributed by atoms with Gasteiger partial charge in [0.15, 0.2) is 0 Å². The highest BCUT2D eigenvalue weighted by atomic mass is 16.3. The Morgan fingerprint density at radius 1 is 1.12 bits per heavy atom. The van der Waals surface area contributed by atoms with E-state index in [-0.39, 0.29) is 5.91 Å². The van der Waals surface area contributed by atoms with Crippen molar-refractivity contribution in [3.63, 3.8) is 0 Å². The Morgan fingerprint density at radius 3 is 2.62 bits per heavy atom. The van der Waals surface area contributed by atoms with Gasteiger partial charge in [-0.3, -0.25) is 4.79 Å². The van der Waals surface area contributed by atoms with Crippen LogP contribution >= 0.6 is 0 Å². The number of carbonyl (C=O) groups excluding carboxylic acids is 1. The van der Waals surface area contributed by atoms with E-state index in [4.69, 9.17) is 4.42 Å². The first-order valence-corrected chi connectivity index (χ1v) is 8.30. The van der Waals surface area contributed by atoms with Crippen molar-refractivity contribution in [3.05, 3.63) is 60.5 Å². The third-order valence-electron chi connectivity index (χ3n) is 4.54. The van der Waals surface area contributed by atoms with Crippen LogP contribution in [0.4, 0.5) is 5.82 Å². The van der Waals surface area contributed by atoms with E-state index in [1.807, 2.05) is 47.1 Å². The van der Waals surface area contributed by atoms with Gasteiger partial charge < -0.3 is 9.73 Å². The van der Waals surface area contributed by atoms with E-state index in [2.05, 4.69) is 10.4 Å². The molecule has 1 N–H and O–H groups in total. The number of aromatic nitrogens is 2. The van der Waals surface area contributed by atoms with Gasteiger partial charge in [-0.05, 0) is 37.1 Å². The van der Waals surface area contributed by atoms with Gasteiger partial charge in [0, 0.05) is 17.2 Å². The van der Waals surface area contributed by atoms with E-state index in [0.29, 0.717) is 11.6 Å². The Morgan fingerprint density at radius 2 is 1.92 bits per heavy atom. The molecule has 0 radical (unpaired) electrons. The largest absolute Gasteiger partial charge is 0.464 e. The molecule has 0 aliphatic heterocycles. The van der Waals surface area contributed by atoms with Crippen LogP contribution in [0.5, 0.6) is 0 Å². The highest BCUT2D eigenvalue weighted by Gasteiger charge is 2.20. The summed E-state index contributed by atoms with van der Waals surface area (Å²) >= 11 is 0. The van der Waals surface area contributed by atoms with Crippen molar-refractivity contribution in [1.29, 1.82) is 0 Å². The van der Waals surface area contributed by atoms with Crippen LogP contribution in [0.15, 0.2) is 59.3 Å². The molecular formula is C19H19N3O2. The molecule has 1 amide bonds. The second-order valence-electron chi connectivity index (χ2n) is 6.11. The van der Waals surface area contributed by atoms with Gasteiger partial charge >= 0.3 is 0 Å². The number of hydrogen-bond acceptors (Lipinski definition) is 3. The first-order valence-electron chi connectivity index (χ1n) is 8.30. The molecule has 1 saturated carbocycles. The number of rotatable bonds is 4. The van der Waals surface area contributed by atoms with E-state index in [0.717, 1.165) is 30.0 Å². The van der Waals surface area contributed by atoms with Gasteiger partial charge in [0.2, 0.25) is 0 Å². The molecule has 0 unspecified atom stereocenters. The van der Waals surface area contributed by atoms with E-state index < -0.39 is 0 Å². The summed E-state index contributed by atoms with van der Waals surface area (Å²) in [6.07, 6.45) is 8.09. The highest BCUT2D eigenvalue weighted by molar-refractivity contribution is 6.04. The fraction of sp³-hybridized carbons (Fsp3) is 0.263. The van der Waals surface area contributed by atoms with Crippen LogP contribution in [-0.4, -0.2) is 15.7 Å². The number of carbonyl (C=O) groups is 1. The molecule has 5 nitrogen and oxygen atoms in total. The lowest BCUT2D eigenvalue weighted by molar-refractivity contribution is 0.102. The summed E-state index contributed by atoms with van der Waals surface area (Å²) in [6, 6.07) is 13.4. The zero-order valence-corrected chi connectivity index (χ0v) is 13.3. The smallest absolute Gasteiger partial charge is 0.256 e. The maximum absolute atomic E-state index is 12.5. The van der Waals surface area contributed by atoms with E-state index in [9.17, 15) is 4.79 Å². The van der Waals surface area contributed by atoms with E-state index in [1.54, 1.807) is 12.5 Å². The van der Waals surface area contributed by atoms with Crippen molar-refractivity contribution in [2.24, 2.45) is 0 Å². The molecule has 3 aromatic rings. The summed E-state index contributed by atoms with van der Waals surface area (Å²) in [5, 5.41) is 7.36. The molecule has 24 heavy (non-hydrogen) atoms. The molecule has 2 heterocycles. The number of benzene rings is 1. The molecule has 2 aromatic heterocycles. The lowest BCUT2D eigenvalue weighted by Gasteiger charge is -2.14. The average Bonchev–Trinajstić information content (AvgIpc) is 3.36. The third-order valence-corrected chi connectivity index (χ3v) is 4.54. The number of nitrogens with one attached hydrogen (secondary N) is 1. The standard InChI is InChI=1S/C19H19N3O2/c23-19(15-9-7-14(8-10-15)17-6-3-13-24-17)21-18-11-12-20-22(18)16-4-1-2-5-16/h3,6-13,16H,1-2,4-5H2,(H,21,23). The molecule has 122 valence electrons. The summed E-state index contributed by atoms with van der Waals surface area (Å²) in [6.45, 7) is 0. The normalized spacial score (nSPS) is 14.8. The minimum atomic E-state index is -0.124. The fourth-order valence-corrected chi connectivity index (χ4v) is 3.27. The molecule has 0 spiro atoms. The SMILES string of the molecule is O=C(Nc1ccnn1C1CCCC1)c1ccc(-c2ccco2)cc1. The minimum absolute atomic E-state index is 0.124. The second kappa shape index (κ2) is 6.35. The van der Waals surface area contributed by atoms with Gasteiger partial charge in [0.1, 0.15) is 11.6 Å². The Kier molecular flexibility index (Phi) is 3.91. The molecule has 1 aliphatic rings. The Bertz CT molecular complexity index is 813. The number of anilines is 1. The number of amides is 1. The van der Waals surface area contributed by atoms with Crippen molar-refractivity contribution in [2.75, 3.05) is 5.32 Å². The maximum Gasteiger partial charge on any atom is 0.256 e. The minimum Gasteiger partial charge on any atom is -0.464 e. The molecule has 0 bridgehead atoms. The Hall–Kier alpha value is -2.82. The zero-order valence-electron chi connectivity index (χ0n) is 13.3. The van der Waals surface area contributed by atoms with Gasteiger partial charge in [0.05, 0.1) is 18.5 Å². The monoisotopic (exact) mass is 321 g/mol.